The van der Waals surface area contributed by atoms with E-state index in [1.807, 2.05) is 13.0 Å². The van der Waals surface area contributed by atoms with Crippen molar-refractivity contribution in [3.8, 4) is 0 Å². The summed E-state index contributed by atoms with van der Waals surface area (Å²) >= 11 is 0. The van der Waals surface area contributed by atoms with Crippen molar-refractivity contribution < 1.29 is 4.52 Å². The van der Waals surface area contributed by atoms with E-state index >= 15 is 0 Å². The van der Waals surface area contributed by atoms with E-state index in [9.17, 15) is 0 Å². The monoisotopic (exact) mass is 251 g/mol. The molecule has 1 N–H and O–H groups in total. The van der Waals surface area contributed by atoms with Crippen molar-refractivity contribution in [3.63, 3.8) is 0 Å². The van der Waals surface area contributed by atoms with Gasteiger partial charge in [0, 0.05) is 25.2 Å². The smallest absolute Gasteiger partial charge is 0.133 e. The summed E-state index contributed by atoms with van der Waals surface area (Å²) in [5.74, 6) is 0.900. The Morgan fingerprint density at radius 2 is 2.39 bits per heavy atom. The second kappa shape index (κ2) is 6.90. The van der Waals surface area contributed by atoms with Crippen molar-refractivity contribution in [2.24, 2.45) is 0 Å². The van der Waals surface area contributed by atoms with Gasteiger partial charge in [0.05, 0.1) is 5.69 Å². The predicted octanol–water partition coefficient (Wildman–Crippen LogP) is 2.34. The predicted molar refractivity (Wildman–Crippen MR) is 72.4 cm³/mol. The first-order valence-electron chi connectivity index (χ1n) is 7.16. The molecule has 0 aliphatic carbocycles. The minimum absolute atomic E-state index is 0.651. The van der Waals surface area contributed by atoms with Crippen LogP contribution in [0.1, 0.15) is 44.1 Å². The van der Waals surface area contributed by atoms with Gasteiger partial charge in [-0.05, 0) is 39.3 Å². The first kappa shape index (κ1) is 13.6. The number of nitrogens with zero attached hydrogens (tertiary/aromatic N) is 2. The minimum Gasteiger partial charge on any atom is -0.361 e. The van der Waals surface area contributed by atoms with E-state index in [1.165, 1.54) is 32.2 Å². The Hall–Kier alpha value is -0.870. The standard InChI is InChI=1S/C14H25N3O/c1-3-8-17(10-13-6-4-5-7-15-13)11-14-9-12(2)18-16-14/h9,13,15H,3-8,10-11H2,1-2H3. The molecule has 1 saturated heterocycles. The van der Waals surface area contributed by atoms with Crippen molar-refractivity contribution in [3.05, 3.63) is 17.5 Å². The lowest BCUT2D eigenvalue weighted by molar-refractivity contribution is 0.212. The number of hydrogen-bond donors (Lipinski definition) is 1. The highest BCUT2D eigenvalue weighted by Gasteiger charge is 2.17. The summed E-state index contributed by atoms with van der Waals surface area (Å²) in [7, 11) is 0. The average Bonchev–Trinajstić information content (AvgIpc) is 2.76. The van der Waals surface area contributed by atoms with E-state index in [1.54, 1.807) is 0 Å². The van der Waals surface area contributed by atoms with Gasteiger partial charge in [0.25, 0.3) is 0 Å². The fourth-order valence-corrected chi connectivity index (χ4v) is 2.66. The third-order valence-corrected chi connectivity index (χ3v) is 3.49. The average molecular weight is 251 g/mol. The molecule has 0 aromatic carbocycles. The van der Waals surface area contributed by atoms with E-state index in [-0.39, 0.29) is 0 Å². The Labute approximate surface area is 110 Å². The molecular formula is C14H25N3O. The summed E-state index contributed by atoms with van der Waals surface area (Å²) in [5.41, 5.74) is 1.05. The topological polar surface area (TPSA) is 41.3 Å². The highest BCUT2D eigenvalue weighted by molar-refractivity contribution is 5.03. The molecule has 1 aliphatic rings. The molecule has 102 valence electrons. The lowest BCUT2D eigenvalue weighted by atomic mass is 10.0. The summed E-state index contributed by atoms with van der Waals surface area (Å²) in [4.78, 5) is 2.49. The van der Waals surface area contributed by atoms with Gasteiger partial charge in [-0.15, -0.1) is 0 Å². The Bertz CT molecular complexity index is 345. The van der Waals surface area contributed by atoms with E-state index in [2.05, 4.69) is 22.3 Å². The van der Waals surface area contributed by atoms with Gasteiger partial charge in [0.15, 0.2) is 0 Å². The molecule has 1 aromatic rings. The second-order valence-electron chi connectivity index (χ2n) is 5.31. The van der Waals surface area contributed by atoms with Crippen molar-refractivity contribution in [1.29, 1.82) is 0 Å². The normalized spacial score (nSPS) is 20.5. The van der Waals surface area contributed by atoms with Crippen LogP contribution in [-0.4, -0.2) is 35.7 Å². The first-order chi connectivity index (χ1) is 8.78. The van der Waals surface area contributed by atoms with Crippen molar-refractivity contribution in [1.82, 2.24) is 15.4 Å². The Kier molecular flexibility index (Phi) is 5.20. The van der Waals surface area contributed by atoms with Gasteiger partial charge in [-0.2, -0.15) is 0 Å². The van der Waals surface area contributed by atoms with Gasteiger partial charge in [-0.3, -0.25) is 4.90 Å². The van der Waals surface area contributed by atoms with Gasteiger partial charge in [-0.25, -0.2) is 0 Å². The van der Waals surface area contributed by atoms with Crippen LogP contribution in [0.15, 0.2) is 10.6 Å². The third-order valence-electron chi connectivity index (χ3n) is 3.49. The lowest BCUT2D eigenvalue weighted by Crippen LogP contribution is -2.43. The molecule has 1 unspecified atom stereocenters. The van der Waals surface area contributed by atoms with Gasteiger partial charge >= 0.3 is 0 Å². The molecule has 1 aromatic heterocycles. The van der Waals surface area contributed by atoms with E-state index in [0.29, 0.717) is 6.04 Å². The zero-order valence-corrected chi connectivity index (χ0v) is 11.6. The molecule has 2 heterocycles. The molecule has 0 spiro atoms. The molecule has 0 amide bonds. The molecule has 2 rings (SSSR count). The molecule has 4 nitrogen and oxygen atoms in total. The maximum absolute atomic E-state index is 5.14. The van der Waals surface area contributed by atoms with Crippen molar-refractivity contribution >= 4 is 0 Å². The molecule has 1 aliphatic heterocycles. The molecule has 18 heavy (non-hydrogen) atoms. The van der Waals surface area contributed by atoms with Crippen LogP contribution in [0.3, 0.4) is 0 Å². The van der Waals surface area contributed by atoms with Gasteiger partial charge in [-0.1, -0.05) is 18.5 Å². The number of aromatic nitrogens is 1. The second-order valence-corrected chi connectivity index (χ2v) is 5.31. The lowest BCUT2D eigenvalue weighted by Gasteiger charge is -2.29. The van der Waals surface area contributed by atoms with Crippen LogP contribution in [0.4, 0.5) is 0 Å². The Balaban J connectivity index is 1.86. The summed E-state index contributed by atoms with van der Waals surface area (Å²) < 4.78 is 5.14. The molecule has 0 bridgehead atoms. The molecule has 4 heteroatoms. The Morgan fingerprint density at radius 1 is 1.50 bits per heavy atom. The summed E-state index contributed by atoms with van der Waals surface area (Å²) in [5, 5.41) is 7.71. The third kappa shape index (κ3) is 4.10. The number of hydrogen-bond acceptors (Lipinski definition) is 4. The van der Waals surface area contributed by atoms with E-state index in [4.69, 9.17) is 4.52 Å². The van der Waals surface area contributed by atoms with Crippen LogP contribution in [0.5, 0.6) is 0 Å². The molecule has 1 fully saturated rings. The first-order valence-corrected chi connectivity index (χ1v) is 7.16. The number of piperidine rings is 1. The van der Waals surface area contributed by atoms with Crippen LogP contribution in [0.2, 0.25) is 0 Å². The SMILES string of the molecule is CCCN(Cc1cc(C)on1)CC1CCCCN1. The molecule has 0 radical (unpaired) electrons. The summed E-state index contributed by atoms with van der Waals surface area (Å²) in [6.07, 6.45) is 5.18. The van der Waals surface area contributed by atoms with Crippen LogP contribution < -0.4 is 5.32 Å². The number of nitrogens with one attached hydrogen (secondary N) is 1. The van der Waals surface area contributed by atoms with E-state index in [0.717, 1.165) is 31.1 Å². The summed E-state index contributed by atoms with van der Waals surface area (Å²) in [6.45, 7) is 8.51. The van der Waals surface area contributed by atoms with Crippen LogP contribution in [0, 0.1) is 6.92 Å². The van der Waals surface area contributed by atoms with Crippen molar-refractivity contribution in [2.45, 2.75) is 52.1 Å². The fourth-order valence-electron chi connectivity index (χ4n) is 2.66. The fraction of sp³-hybridized carbons (Fsp3) is 0.786. The van der Waals surface area contributed by atoms with Crippen LogP contribution in [-0.2, 0) is 6.54 Å². The maximum Gasteiger partial charge on any atom is 0.133 e. The zero-order chi connectivity index (χ0) is 12.8. The van der Waals surface area contributed by atoms with Gasteiger partial charge < -0.3 is 9.84 Å². The van der Waals surface area contributed by atoms with E-state index < -0.39 is 0 Å². The highest BCUT2D eigenvalue weighted by Crippen LogP contribution is 2.11. The van der Waals surface area contributed by atoms with Crippen molar-refractivity contribution in [2.75, 3.05) is 19.6 Å². The maximum atomic E-state index is 5.14. The van der Waals surface area contributed by atoms with Gasteiger partial charge in [0.1, 0.15) is 5.76 Å². The van der Waals surface area contributed by atoms with Crippen LogP contribution in [0.25, 0.3) is 0 Å². The molecule has 0 saturated carbocycles. The zero-order valence-electron chi connectivity index (χ0n) is 11.6. The minimum atomic E-state index is 0.651. The van der Waals surface area contributed by atoms with Gasteiger partial charge in [0.2, 0.25) is 0 Å². The number of rotatable bonds is 6. The molecular weight excluding hydrogens is 226 g/mol. The quantitative estimate of drug-likeness (QED) is 0.842. The Morgan fingerprint density at radius 3 is 3.00 bits per heavy atom. The summed E-state index contributed by atoms with van der Waals surface area (Å²) in [6, 6.07) is 2.69. The number of aryl methyl sites for hydroxylation is 1. The van der Waals surface area contributed by atoms with Crippen LogP contribution >= 0.6 is 0 Å². The molecule has 1 atom stereocenters. The largest absolute Gasteiger partial charge is 0.361 e. The highest BCUT2D eigenvalue weighted by atomic mass is 16.5.